The molecule has 1 aliphatic rings. The van der Waals surface area contributed by atoms with Crippen LogP contribution in [-0.4, -0.2) is 37.1 Å². The van der Waals surface area contributed by atoms with Gasteiger partial charge in [-0.2, -0.15) is 5.26 Å². The van der Waals surface area contributed by atoms with E-state index in [2.05, 4.69) is 0 Å². The zero-order valence-corrected chi connectivity index (χ0v) is 22.9. The number of aromatic nitrogens is 1. The lowest BCUT2D eigenvalue weighted by Crippen LogP contribution is -2.30. The predicted octanol–water partition coefficient (Wildman–Crippen LogP) is 5.09. The zero-order valence-electron chi connectivity index (χ0n) is 21.2. The third-order valence-electron chi connectivity index (χ3n) is 6.37. The molecule has 1 aromatic heterocycles. The summed E-state index contributed by atoms with van der Waals surface area (Å²) in [4.78, 5) is 40.8. The Morgan fingerprint density at radius 1 is 1.13 bits per heavy atom. The van der Waals surface area contributed by atoms with Crippen molar-refractivity contribution in [1.82, 2.24) is 9.47 Å². The number of carbonyl (C=O) groups is 2. The van der Waals surface area contributed by atoms with Crippen LogP contribution in [0.4, 0.5) is 4.39 Å². The number of thiocarbonyl (C=S) groups is 1. The van der Waals surface area contributed by atoms with Crippen LogP contribution in [0.15, 0.2) is 58.2 Å². The number of amides is 1. The molecule has 0 unspecified atom stereocenters. The van der Waals surface area contributed by atoms with Gasteiger partial charge >= 0.3 is 0 Å². The van der Waals surface area contributed by atoms with Crippen LogP contribution in [0.25, 0.3) is 6.08 Å². The summed E-state index contributed by atoms with van der Waals surface area (Å²) in [6, 6.07) is 14.9. The number of benzene rings is 2. The number of hydrogen-bond acceptors (Lipinski definition) is 7. The first-order chi connectivity index (χ1) is 18.6. The SMILES string of the molecule is Cc1ccc(Cn2c(O)c(C(=O)CCCN3C(=O)/C(=C/c4ccc(F)cc4)SC3=S)c(C)c(C#N)c2=O)cc1. The van der Waals surface area contributed by atoms with Gasteiger partial charge in [-0.15, -0.1) is 0 Å². The molecule has 0 atom stereocenters. The maximum atomic E-state index is 13.2. The molecule has 2 heterocycles. The lowest BCUT2D eigenvalue weighted by molar-refractivity contribution is -0.122. The van der Waals surface area contributed by atoms with E-state index in [1.165, 1.54) is 24.0 Å². The van der Waals surface area contributed by atoms with Crippen molar-refractivity contribution < 1.29 is 19.1 Å². The van der Waals surface area contributed by atoms with Gasteiger partial charge in [-0.05, 0) is 55.2 Å². The molecule has 1 saturated heterocycles. The number of aryl methyl sites for hydroxylation is 1. The zero-order chi connectivity index (χ0) is 28.3. The van der Waals surface area contributed by atoms with Crippen molar-refractivity contribution in [1.29, 1.82) is 5.26 Å². The molecule has 2 aromatic carbocycles. The topological polar surface area (TPSA) is 103 Å². The van der Waals surface area contributed by atoms with Crippen molar-refractivity contribution in [2.24, 2.45) is 0 Å². The molecule has 4 rings (SSSR count). The van der Waals surface area contributed by atoms with E-state index in [-0.39, 0.29) is 54.3 Å². The summed E-state index contributed by atoms with van der Waals surface area (Å²) in [5.74, 6) is -1.63. The molecule has 1 fully saturated rings. The van der Waals surface area contributed by atoms with E-state index < -0.39 is 17.2 Å². The fraction of sp³-hybridized carbons (Fsp3) is 0.207. The Kier molecular flexibility index (Phi) is 8.43. The number of pyridine rings is 1. The predicted molar refractivity (Wildman–Crippen MR) is 152 cm³/mol. The lowest BCUT2D eigenvalue weighted by atomic mass is 9.98. The summed E-state index contributed by atoms with van der Waals surface area (Å²) in [7, 11) is 0. The third kappa shape index (κ3) is 6.00. The van der Waals surface area contributed by atoms with Gasteiger partial charge in [-0.25, -0.2) is 4.39 Å². The van der Waals surface area contributed by atoms with Gasteiger partial charge in [0.2, 0.25) is 5.88 Å². The van der Waals surface area contributed by atoms with Crippen molar-refractivity contribution in [3.05, 3.63) is 103 Å². The molecule has 1 amide bonds. The molecular weight excluding hydrogens is 537 g/mol. The average Bonchev–Trinajstić information content (AvgIpc) is 3.16. The van der Waals surface area contributed by atoms with E-state index >= 15 is 0 Å². The summed E-state index contributed by atoms with van der Waals surface area (Å²) < 4.78 is 14.6. The molecule has 0 aliphatic carbocycles. The molecular formula is C29H24FN3O4S2. The van der Waals surface area contributed by atoms with E-state index in [0.717, 1.165) is 27.5 Å². The van der Waals surface area contributed by atoms with E-state index in [1.807, 2.05) is 25.1 Å². The average molecular weight is 562 g/mol. The number of thioether (sulfide) groups is 1. The third-order valence-corrected chi connectivity index (χ3v) is 7.74. The van der Waals surface area contributed by atoms with Gasteiger partial charge in [0.05, 0.1) is 17.0 Å². The molecule has 1 N–H and O–H groups in total. The van der Waals surface area contributed by atoms with Crippen LogP contribution in [-0.2, 0) is 11.3 Å². The van der Waals surface area contributed by atoms with Crippen LogP contribution in [0.1, 0.15) is 51.0 Å². The monoisotopic (exact) mass is 561 g/mol. The number of nitriles is 1. The first-order valence-electron chi connectivity index (χ1n) is 12.1. The molecule has 39 heavy (non-hydrogen) atoms. The summed E-state index contributed by atoms with van der Waals surface area (Å²) in [5.41, 5.74) is 1.58. The Morgan fingerprint density at radius 2 is 1.79 bits per heavy atom. The van der Waals surface area contributed by atoms with Crippen LogP contribution in [0.3, 0.4) is 0 Å². The van der Waals surface area contributed by atoms with Crippen molar-refractivity contribution in [2.75, 3.05) is 6.54 Å². The van der Waals surface area contributed by atoms with Crippen LogP contribution >= 0.6 is 24.0 Å². The normalized spacial score (nSPS) is 14.2. The van der Waals surface area contributed by atoms with Gasteiger partial charge < -0.3 is 5.11 Å². The van der Waals surface area contributed by atoms with Crippen molar-refractivity contribution in [2.45, 2.75) is 33.2 Å². The highest BCUT2D eigenvalue weighted by Gasteiger charge is 2.32. The number of ketones is 1. The van der Waals surface area contributed by atoms with Gasteiger partial charge in [0, 0.05) is 13.0 Å². The van der Waals surface area contributed by atoms with Crippen molar-refractivity contribution >= 4 is 46.1 Å². The van der Waals surface area contributed by atoms with E-state index in [9.17, 15) is 29.1 Å². The number of carbonyl (C=O) groups excluding carboxylic acids is 2. The van der Waals surface area contributed by atoms with Gasteiger partial charge in [-0.3, -0.25) is 23.9 Å². The van der Waals surface area contributed by atoms with Gasteiger partial charge in [-0.1, -0.05) is 65.9 Å². The van der Waals surface area contributed by atoms with Crippen LogP contribution in [0.5, 0.6) is 5.88 Å². The second-order valence-corrected chi connectivity index (χ2v) is 10.8. The highest BCUT2D eigenvalue weighted by Crippen LogP contribution is 2.33. The Balaban J connectivity index is 1.50. The minimum absolute atomic E-state index is 0.00285. The second kappa shape index (κ2) is 11.8. The molecule has 1 aliphatic heterocycles. The largest absolute Gasteiger partial charge is 0.494 e. The molecule has 0 radical (unpaired) electrons. The fourth-order valence-corrected chi connectivity index (χ4v) is 5.54. The smallest absolute Gasteiger partial charge is 0.271 e. The number of halogens is 1. The molecule has 0 saturated carbocycles. The highest BCUT2D eigenvalue weighted by atomic mass is 32.2. The van der Waals surface area contributed by atoms with Gasteiger partial charge in [0.25, 0.3) is 11.5 Å². The van der Waals surface area contributed by atoms with Gasteiger partial charge in [0.1, 0.15) is 21.8 Å². The molecule has 10 heteroatoms. The number of Topliss-reactive ketones (excluding diaryl/α,β-unsaturated/α-hetero) is 1. The lowest BCUT2D eigenvalue weighted by Gasteiger charge is -2.17. The second-order valence-electron chi connectivity index (χ2n) is 9.10. The molecule has 3 aromatic rings. The van der Waals surface area contributed by atoms with E-state index in [4.69, 9.17) is 12.2 Å². The van der Waals surface area contributed by atoms with Crippen LogP contribution in [0.2, 0.25) is 0 Å². The first kappa shape index (κ1) is 28.0. The fourth-order valence-electron chi connectivity index (χ4n) is 4.23. The molecule has 198 valence electrons. The van der Waals surface area contributed by atoms with Gasteiger partial charge in [0.15, 0.2) is 5.78 Å². The summed E-state index contributed by atoms with van der Waals surface area (Å²) >= 11 is 6.48. The minimum Gasteiger partial charge on any atom is -0.494 e. The molecule has 0 bridgehead atoms. The van der Waals surface area contributed by atoms with Crippen molar-refractivity contribution in [3.63, 3.8) is 0 Å². The summed E-state index contributed by atoms with van der Waals surface area (Å²) in [6.07, 6.45) is 1.83. The Labute approximate surface area is 234 Å². The Bertz CT molecular complexity index is 1600. The number of aromatic hydroxyl groups is 1. The number of nitrogens with zero attached hydrogens (tertiary/aromatic N) is 3. The maximum absolute atomic E-state index is 13.2. The highest BCUT2D eigenvalue weighted by molar-refractivity contribution is 8.26. The Hall–Kier alpha value is -4.07. The standard InChI is InChI=1S/C29H24FN3O4S2/c1-17-5-7-20(8-6-17)16-33-26(35)22(15-31)18(2)25(28(33)37)23(34)4-3-13-32-27(36)24(39-29(32)38)14-19-9-11-21(30)12-10-19/h5-12,14,37H,3-4,13,16H2,1-2H3/b24-14-. The number of hydrogen-bond donors (Lipinski definition) is 1. The van der Waals surface area contributed by atoms with E-state index in [0.29, 0.717) is 14.8 Å². The molecule has 7 nitrogen and oxygen atoms in total. The Morgan fingerprint density at radius 3 is 2.44 bits per heavy atom. The molecule has 0 spiro atoms. The van der Waals surface area contributed by atoms with Crippen LogP contribution in [0, 0.1) is 31.0 Å². The number of rotatable bonds is 8. The first-order valence-corrected chi connectivity index (χ1v) is 13.3. The summed E-state index contributed by atoms with van der Waals surface area (Å²) in [6.45, 7) is 3.56. The maximum Gasteiger partial charge on any atom is 0.271 e. The summed E-state index contributed by atoms with van der Waals surface area (Å²) in [5, 5.41) is 20.6. The van der Waals surface area contributed by atoms with Crippen molar-refractivity contribution in [3.8, 4) is 11.9 Å². The minimum atomic E-state index is -0.671. The quantitative estimate of drug-likeness (QED) is 0.232. The van der Waals surface area contributed by atoms with E-state index in [1.54, 1.807) is 30.3 Å². The van der Waals surface area contributed by atoms with Crippen LogP contribution < -0.4 is 5.56 Å².